The largest absolute Gasteiger partial charge is 0.281 e. The van der Waals surface area contributed by atoms with E-state index in [1.165, 1.54) is 0 Å². The minimum atomic E-state index is 0.0624. The monoisotopic (exact) mass is 263 g/mol. The first-order chi connectivity index (χ1) is 9.59. The highest BCUT2D eigenvalue weighted by Crippen LogP contribution is 2.19. The summed E-state index contributed by atoms with van der Waals surface area (Å²) in [4.78, 5) is 12.9. The van der Waals surface area contributed by atoms with Gasteiger partial charge < -0.3 is 0 Å². The molecular weight excluding hydrogens is 246 g/mol. The summed E-state index contributed by atoms with van der Waals surface area (Å²) in [5, 5.41) is 1.82. The van der Waals surface area contributed by atoms with Crippen molar-refractivity contribution in [1.82, 2.24) is 4.57 Å². The van der Waals surface area contributed by atoms with Gasteiger partial charge in [-0.25, -0.2) is 0 Å². The number of nitrogens with zero attached hydrogens (tertiary/aromatic N) is 1. The molecule has 2 aromatic carbocycles. The maximum atomic E-state index is 12.9. The van der Waals surface area contributed by atoms with Crippen molar-refractivity contribution in [1.29, 1.82) is 0 Å². The van der Waals surface area contributed by atoms with E-state index >= 15 is 0 Å². The van der Waals surface area contributed by atoms with Gasteiger partial charge >= 0.3 is 0 Å². The Labute approximate surface area is 118 Å². The number of aromatic nitrogens is 1. The first kappa shape index (κ1) is 12.7. The molecule has 0 saturated carbocycles. The maximum absolute atomic E-state index is 12.9. The van der Waals surface area contributed by atoms with E-state index in [2.05, 4.69) is 6.07 Å². The van der Waals surface area contributed by atoms with Gasteiger partial charge in [-0.3, -0.25) is 9.36 Å². The van der Waals surface area contributed by atoms with Crippen LogP contribution in [0.1, 0.15) is 16.8 Å². The summed E-state index contributed by atoms with van der Waals surface area (Å²) >= 11 is 0. The van der Waals surface area contributed by atoms with E-state index in [0.717, 1.165) is 33.3 Å². The van der Waals surface area contributed by atoms with Crippen LogP contribution in [-0.2, 0) is 0 Å². The average Bonchev–Trinajstić information content (AvgIpc) is 2.40. The van der Waals surface area contributed by atoms with Gasteiger partial charge in [0.05, 0.1) is 11.1 Å². The normalized spacial score (nSPS) is 10.9. The zero-order valence-corrected chi connectivity index (χ0v) is 12.0. The van der Waals surface area contributed by atoms with E-state index in [0.29, 0.717) is 0 Å². The molecule has 3 aromatic rings. The molecule has 3 rings (SSSR count). The molecule has 2 heteroatoms. The summed E-state index contributed by atoms with van der Waals surface area (Å²) in [5.41, 5.74) is 4.11. The quantitative estimate of drug-likeness (QED) is 0.652. The van der Waals surface area contributed by atoms with Crippen molar-refractivity contribution in [3.05, 3.63) is 75.7 Å². The van der Waals surface area contributed by atoms with Crippen molar-refractivity contribution in [3.63, 3.8) is 0 Å². The summed E-state index contributed by atoms with van der Waals surface area (Å²) in [6.07, 6.45) is 0. The van der Waals surface area contributed by atoms with Crippen LogP contribution in [-0.4, -0.2) is 4.57 Å². The molecule has 0 aliphatic heterocycles. The Morgan fingerprint density at radius 1 is 0.850 bits per heavy atom. The molecule has 20 heavy (non-hydrogen) atoms. The Kier molecular flexibility index (Phi) is 2.94. The van der Waals surface area contributed by atoms with Gasteiger partial charge in [0, 0.05) is 5.69 Å². The van der Waals surface area contributed by atoms with Crippen LogP contribution in [0.4, 0.5) is 0 Å². The van der Waals surface area contributed by atoms with E-state index < -0.39 is 0 Å². The van der Waals surface area contributed by atoms with Gasteiger partial charge in [-0.15, -0.1) is 0 Å². The number of benzene rings is 2. The topological polar surface area (TPSA) is 22.0 Å². The van der Waals surface area contributed by atoms with Gasteiger partial charge in [0.15, 0.2) is 0 Å². The molecule has 0 N–H and O–H groups in total. The average molecular weight is 263 g/mol. The van der Waals surface area contributed by atoms with E-state index in [1.54, 1.807) is 0 Å². The molecule has 0 atom stereocenters. The molecule has 2 nitrogen and oxygen atoms in total. The fourth-order valence-electron chi connectivity index (χ4n) is 2.78. The Morgan fingerprint density at radius 2 is 1.55 bits per heavy atom. The third kappa shape index (κ3) is 1.85. The van der Waals surface area contributed by atoms with E-state index in [4.69, 9.17) is 0 Å². The number of hydrogen-bond acceptors (Lipinski definition) is 1. The highest BCUT2D eigenvalue weighted by molar-refractivity contribution is 5.85. The molecule has 100 valence electrons. The van der Waals surface area contributed by atoms with Crippen LogP contribution in [0.2, 0.25) is 0 Å². The Bertz CT molecular complexity index is 859. The molecule has 0 radical (unpaired) electrons. The molecule has 1 heterocycles. The van der Waals surface area contributed by atoms with Crippen molar-refractivity contribution in [2.75, 3.05) is 0 Å². The zero-order chi connectivity index (χ0) is 14.3. The maximum Gasteiger partial charge on any atom is 0.263 e. The second kappa shape index (κ2) is 4.64. The molecule has 0 spiro atoms. The first-order valence-electron chi connectivity index (χ1n) is 6.77. The Morgan fingerprint density at radius 3 is 2.30 bits per heavy atom. The van der Waals surface area contributed by atoms with Gasteiger partial charge in [-0.05, 0) is 49.4 Å². The van der Waals surface area contributed by atoms with E-state index in [-0.39, 0.29) is 5.56 Å². The molecule has 0 aliphatic carbocycles. The molecule has 0 saturated heterocycles. The number of pyridine rings is 1. The summed E-state index contributed by atoms with van der Waals surface area (Å²) in [6, 6.07) is 16.0. The molecule has 1 aromatic heterocycles. The molecule has 0 bridgehead atoms. The van der Waals surface area contributed by atoms with Crippen molar-refractivity contribution >= 4 is 10.8 Å². The van der Waals surface area contributed by atoms with Gasteiger partial charge in [0.1, 0.15) is 0 Å². The predicted molar refractivity (Wildman–Crippen MR) is 83.8 cm³/mol. The van der Waals surface area contributed by atoms with Crippen LogP contribution in [0.25, 0.3) is 16.5 Å². The highest BCUT2D eigenvalue weighted by atomic mass is 16.1. The van der Waals surface area contributed by atoms with Gasteiger partial charge in [-0.1, -0.05) is 36.4 Å². The van der Waals surface area contributed by atoms with Crippen LogP contribution >= 0.6 is 0 Å². The Balaban J connectivity index is 2.47. The van der Waals surface area contributed by atoms with Gasteiger partial charge in [-0.2, -0.15) is 0 Å². The van der Waals surface area contributed by atoms with Gasteiger partial charge in [0.2, 0.25) is 0 Å². The zero-order valence-electron chi connectivity index (χ0n) is 12.0. The Hall–Kier alpha value is -2.35. The molecular formula is C18H17NO. The van der Waals surface area contributed by atoms with E-state index in [9.17, 15) is 4.79 Å². The minimum Gasteiger partial charge on any atom is -0.281 e. The predicted octanol–water partition coefficient (Wildman–Crippen LogP) is 3.92. The summed E-state index contributed by atoms with van der Waals surface area (Å²) in [5.74, 6) is 0. The first-order valence-corrected chi connectivity index (χ1v) is 6.77. The van der Waals surface area contributed by atoms with Crippen molar-refractivity contribution in [2.24, 2.45) is 0 Å². The molecule has 0 fully saturated rings. The molecule has 0 unspecified atom stereocenters. The SMILES string of the molecule is Cc1ccccc1-n1c(C)cc2cccc(C)c2c1=O. The highest BCUT2D eigenvalue weighted by Gasteiger charge is 2.11. The molecule has 0 aliphatic rings. The van der Waals surface area contributed by atoms with E-state index in [1.807, 2.05) is 67.8 Å². The lowest BCUT2D eigenvalue weighted by atomic mass is 10.1. The fourth-order valence-corrected chi connectivity index (χ4v) is 2.78. The van der Waals surface area contributed by atoms with Gasteiger partial charge in [0.25, 0.3) is 5.56 Å². The third-order valence-corrected chi connectivity index (χ3v) is 3.80. The summed E-state index contributed by atoms with van der Waals surface area (Å²) in [7, 11) is 0. The standard InChI is InChI=1S/C18H17NO/c1-12-7-4-5-10-16(12)19-14(3)11-15-9-6-8-13(2)17(15)18(19)20/h4-11H,1-3H3. The number of hydrogen-bond donors (Lipinski definition) is 0. The fraction of sp³-hybridized carbons (Fsp3) is 0.167. The van der Waals surface area contributed by atoms with Crippen LogP contribution in [0.15, 0.2) is 53.3 Å². The van der Waals surface area contributed by atoms with Crippen LogP contribution < -0.4 is 5.56 Å². The number of aryl methyl sites for hydroxylation is 3. The van der Waals surface area contributed by atoms with Crippen LogP contribution in [0.5, 0.6) is 0 Å². The lowest BCUT2D eigenvalue weighted by Gasteiger charge is -2.14. The van der Waals surface area contributed by atoms with Crippen LogP contribution in [0.3, 0.4) is 0 Å². The lowest BCUT2D eigenvalue weighted by Crippen LogP contribution is -2.22. The second-order valence-electron chi connectivity index (χ2n) is 5.25. The van der Waals surface area contributed by atoms with Crippen molar-refractivity contribution in [3.8, 4) is 5.69 Å². The van der Waals surface area contributed by atoms with Crippen LogP contribution in [0, 0.1) is 20.8 Å². The summed E-state index contributed by atoms with van der Waals surface area (Å²) < 4.78 is 1.81. The molecule has 0 amide bonds. The third-order valence-electron chi connectivity index (χ3n) is 3.80. The number of fused-ring (bicyclic) bond motifs is 1. The second-order valence-corrected chi connectivity index (χ2v) is 5.25. The number of rotatable bonds is 1. The van der Waals surface area contributed by atoms with Crippen molar-refractivity contribution < 1.29 is 0 Å². The lowest BCUT2D eigenvalue weighted by molar-refractivity contribution is 0.939. The van der Waals surface area contributed by atoms with Crippen molar-refractivity contribution in [2.45, 2.75) is 20.8 Å². The smallest absolute Gasteiger partial charge is 0.263 e. The minimum absolute atomic E-state index is 0.0624. The number of para-hydroxylation sites is 1. The summed E-state index contributed by atoms with van der Waals surface area (Å²) in [6.45, 7) is 6.00.